The second kappa shape index (κ2) is 6.42. The van der Waals surface area contributed by atoms with Gasteiger partial charge in [-0.15, -0.1) is 0 Å². The molecule has 0 spiro atoms. The highest BCUT2D eigenvalue weighted by atomic mass is 35.5. The predicted molar refractivity (Wildman–Crippen MR) is 63.0 cm³/mol. The van der Waals surface area contributed by atoms with Gasteiger partial charge in [-0.25, -0.2) is 18.0 Å². The number of carboxylic acid groups (broad SMARTS) is 1. The van der Waals surface area contributed by atoms with Crippen LogP contribution in [0.15, 0.2) is 17.9 Å². The van der Waals surface area contributed by atoms with Crippen molar-refractivity contribution in [2.45, 2.75) is 6.92 Å². The van der Waals surface area contributed by atoms with Crippen molar-refractivity contribution in [3.05, 3.63) is 45.9 Å². The fourth-order valence-electron chi connectivity index (χ4n) is 1.25. The van der Waals surface area contributed by atoms with Gasteiger partial charge >= 0.3 is 5.97 Å². The number of ketones is 1. The minimum Gasteiger partial charge on any atom is -0.500 e. The minimum atomic E-state index is -1.96. The smallest absolute Gasteiger partial charge is 0.342 e. The molecule has 108 valence electrons. The van der Waals surface area contributed by atoms with Crippen LogP contribution in [0.4, 0.5) is 13.2 Å². The van der Waals surface area contributed by atoms with Crippen molar-refractivity contribution < 1.29 is 32.6 Å². The Bertz CT molecular complexity index is 599. The van der Waals surface area contributed by atoms with Crippen LogP contribution in [0.3, 0.4) is 0 Å². The van der Waals surface area contributed by atoms with Crippen molar-refractivity contribution in [3.63, 3.8) is 0 Å². The predicted octanol–water partition coefficient (Wildman–Crippen LogP) is 2.95. The van der Waals surface area contributed by atoms with E-state index in [0.29, 0.717) is 12.3 Å². The Morgan fingerprint density at radius 1 is 1.30 bits per heavy atom. The molecule has 0 aliphatic rings. The molecular formula is C12H8ClF3O4. The average Bonchev–Trinajstić information content (AvgIpc) is 2.40. The van der Waals surface area contributed by atoms with Crippen LogP contribution in [0.1, 0.15) is 17.3 Å². The van der Waals surface area contributed by atoms with Gasteiger partial charge in [0.15, 0.2) is 17.5 Å². The first-order valence-electron chi connectivity index (χ1n) is 5.24. The van der Waals surface area contributed by atoms with Gasteiger partial charge in [-0.2, -0.15) is 0 Å². The van der Waals surface area contributed by atoms with Crippen LogP contribution in [0.2, 0.25) is 5.02 Å². The lowest BCUT2D eigenvalue weighted by atomic mass is 10.0. The van der Waals surface area contributed by atoms with Gasteiger partial charge < -0.3 is 9.84 Å². The van der Waals surface area contributed by atoms with E-state index in [1.165, 1.54) is 6.92 Å². The summed E-state index contributed by atoms with van der Waals surface area (Å²) in [6.45, 7) is 1.58. The summed E-state index contributed by atoms with van der Waals surface area (Å²) in [5, 5.41) is 7.98. The van der Waals surface area contributed by atoms with E-state index in [2.05, 4.69) is 4.74 Å². The third-order valence-corrected chi connectivity index (χ3v) is 2.47. The van der Waals surface area contributed by atoms with Crippen LogP contribution in [0.5, 0.6) is 0 Å². The highest BCUT2D eigenvalue weighted by Gasteiger charge is 2.27. The van der Waals surface area contributed by atoms with Gasteiger partial charge in [0, 0.05) is 0 Å². The van der Waals surface area contributed by atoms with E-state index >= 15 is 0 Å². The monoisotopic (exact) mass is 308 g/mol. The van der Waals surface area contributed by atoms with E-state index < -0.39 is 45.4 Å². The number of halogens is 4. The molecule has 1 aromatic carbocycles. The number of hydrogen-bond donors (Lipinski definition) is 1. The number of Topliss-reactive ketones (excluding diaryl/α,β-unsaturated/α-hetero) is 1. The summed E-state index contributed by atoms with van der Waals surface area (Å²) >= 11 is 5.29. The first-order chi connectivity index (χ1) is 9.31. The quantitative estimate of drug-likeness (QED) is 0.173. The number of aliphatic carboxylic acids is 1. The summed E-state index contributed by atoms with van der Waals surface area (Å²) in [4.78, 5) is 22.7. The number of benzene rings is 1. The first-order valence-corrected chi connectivity index (χ1v) is 5.61. The van der Waals surface area contributed by atoms with Crippen LogP contribution in [-0.4, -0.2) is 23.5 Å². The van der Waals surface area contributed by atoms with Crippen LogP contribution < -0.4 is 0 Å². The lowest BCUT2D eigenvalue weighted by Gasteiger charge is -2.06. The maximum absolute atomic E-state index is 13.5. The first kappa shape index (κ1) is 16.0. The van der Waals surface area contributed by atoms with Gasteiger partial charge in [0.1, 0.15) is 11.8 Å². The molecule has 0 aliphatic carbocycles. The number of ether oxygens (including phenoxy) is 1. The Morgan fingerprint density at radius 3 is 2.40 bits per heavy atom. The fraction of sp³-hybridized carbons (Fsp3) is 0.167. The lowest BCUT2D eigenvalue weighted by Crippen LogP contribution is -2.16. The summed E-state index contributed by atoms with van der Waals surface area (Å²) in [6.07, 6.45) is 0.597. The van der Waals surface area contributed by atoms with Crippen molar-refractivity contribution in [3.8, 4) is 0 Å². The van der Waals surface area contributed by atoms with Crippen LogP contribution >= 0.6 is 11.6 Å². The molecule has 0 amide bonds. The van der Waals surface area contributed by atoms with Crippen molar-refractivity contribution in [1.82, 2.24) is 0 Å². The van der Waals surface area contributed by atoms with Crippen molar-refractivity contribution in [2.24, 2.45) is 0 Å². The van der Waals surface area contributed by atoms with E-state index in [9.17, 15) is 22.8 Å². The molecule has 0 saturated heterocycles. The van der Waals surface area contributed by atoms with Crippen LogP contribution in [0.25, 0.3) is 0 Å². The molecule has 1 rings (SSSR count). The molecule has 0 radical (unpaired) electrons. The zero-order valence-corrected chi connectivity index (χ0v) is 10.8. The molecule has 4 nitrogen and oxygen atoms in total. The fourth-order valence-corrected chi connectivity index (χ4v) is 1.44. The minimum absolute atomic E-state index is 0.0606. The zero-order valence-electron chi connectivity index (χ0n) is 10.0. The van der Waals surface area contributed by atoms with Crippen molar-refractivity contribution in [1.29, 1.82) is 0 Å². The highest BCUT2D eigenvalue weighted by molar-refractivity contribution is 6.32. The van der Waals surface area contributed by atoms with E-state index in [1.807, 2.05) is 0 Å². The van der Waals surface area contributed by atoms with Gasteiger partial charge in [-0.3, -0.25) is 4.79 Å². The van der Waals surface area contributed by atoms with Crippen molar-refractivity contribution >= 4 is 23.4 Å². The van der Waals surface area contributed by atoms with E-state index in [-0.39, 0.29) is 6.61 Å². The third kappa shape index (κ3) is 3.11. The Labute approximate surface area is 116 Å². The number of hydrogen-bond acceptors (Lipinski definition) is 3. The molecule has 8 heteroatoms. The molecule has 0 aromatic heterocycles. The Kier molecular flexibility index (Phi) is 5.15. The number of carbonyl (C=O) groups is 2. The SMILES string of the molecule is CCOC=C(C(=O)O)C(=O)c1cc(Cl)c(F)c(F)c1F. The standard InChI is InChI=1S/C12H8ClF3O4/c1-2-20-4-6(12(18)19)11(17)5-3-7(13)9(15)10(16)8(5)14/h3-4H,2H2,1H3,(H,18,19). The van der Waals surface area contributed by atoms with E-state index in [4.69, 9.17) is 16.7 Å². The van der Waals surface area contributed by atoms with Crippen LogP contribution in [-0.2, 0) is 9.53 Å². The molecule has 0 saturated carbocycles. The summed E-state index contributed by atoms with van der Waals surface area (Å²) in [7, 11) is 0. The van der Waals surface area contributed by atoms with Crippen LogP contribution in [0, 0.1) is 17.5 Å². The molecular weight excluding hydrogens is 301 g/mol. The number of carboxylic acids is 1. The lowest BCUT2D eigenvalue weighted by molar-refractivity contribution is -0.132. The Balaban J connectivity index is 3.37. The molecule has 0 bridgehead atoms. The summed E-state index contributed by atoms with van der Waals surface area (Å²) in [5.74, 6) is -8.53. The highest BCUT2D eigenvalue weighted by Crippen LogP contribution is 2.25. The molecule has 0 unspecified atom stereocenters. The molecule has 1 N–H and O–H groups in total. The van der Waals surface area contributed by atoms with Crippen molar-refractivity contribution in [2.75, 3.05) is 6.61 Å². The van der Waals surface area contributed by atoms with Gasteiger partial charge in [-0.05, 0) is 13.0 Å². The maximum atomic E-state index is 13.5. The van der Waals surface area contributed by atoms with E-state index in [1.54, 1.807) is 0 Å². The third-order valence-electron chi connectivity index (χ3n) is 2.19. The molecule has 20 heavy (non-hydrogen) atoms. The number of rotatable bonds is 5. The topological polar surface area (TPSA) is 63.6 Å². The Morgan fingerprint density at radius 2 is 1.90 bits per heavy atom. The summed E-state index contributed by atoms with van der Waals surface area (Å²) < 4.78 is 44.2. The molecule has 1 aromatic rings. The maximum Gasteiger partial charge on any atom is 0.342 e. The second-order valence-corrected chi connectivity index (χ2v) is 3.88. The van der Waals surface area contributed by atoms with Gasteiger partial charge in [-0.1, -0.05) is 11.6 Å². The second-order valence-electron chi connectivity index (χ2n) is 3.47. The normalized spacial score (nSPS) is 11.3. The Hall–Kier alpha value is -2.02. The van der Waals surface area contributed by atoms with Gasteiger partial charge in [0.25, 0.3) is 0 Å². The average molecular weight is 309 g/mol. The zero-order chi connectivity index (χ0) is 15.4. The largest absolute Gasteiger partial charge is 0.500 e. The molecule has 0 aliphatic heterocycles. The van der Waals surface area contributed by atoms with Gasteiger partial charge in [0.05, 0.1) is 17.2 Å². The van der Waals surface area contributed by atoms with Gasteiger partial charge in [0.2, 0.25) is 5.78 Å². The molecule has 0 atom stereocenters. The van der Waals surface area contributed by atoms with E-state index in [0.717, 1.165) is 0 Å². The molecule has 0 fully saturated rings. The summed E-state index contributed by atoms with van der Waals surface area (Å²) in [6, 6.07) is 0.514. The summed E-state index contributed by atoms with van der Waals surface area (Å²) in [5.41, 5.74) is -1.94. The number of carbonyl (C=O) groups excluding carboxylic acids is 1. The molecule has 0 heterocycles.